The highest BCUT2D eigenvalue weighted by atomic mass is 15.0. The number of hydrogen-bond donors (Lipinski definition) is 0. The fourth-order valence-electron chi connectivity index (χ4n) is 3.55. The number of rotatable bonds is 3. The normalized spacial score (nSPS) is 11.6. The maximum Gasteiger partial charge on any atom is 0.287 e. The van der Waals surface area contributed by atoms with Crippen molar-refractivity contribution in [1.29, 1.82) is 0 Å². The van der Waals surface area contributed by atoms with Gasteiger partial charge in [-0.2, -0.15) is 0 Å². The van der Waals surface area contributed by atoms with Crippen molar-refractivity contribution in [3.8, 4) is 11.3 Å². The van der Waals surface area contributed by atoms with Crippen molar-refractivity contribution in [1.82, 2.24) is 4.98 Å². The van der Waals surface area contributed by atoms with Crippen LogP contribution in [0.15, 0.2) is 36.7 Å². The second kappa shape index (κ2) is 6.53. The summed E-state index contributed by atoms with van der Waals surface area (Å²) in [6, 6.07) is 10.9. The van der Waals surface area contributed by atoms with Crippen LogP contribution in [0.5, 0.6) is 0 Å². The lowest BCUT2D eigenvalue weighted by Crippen LogP contribution is -2.32. The van der Waals surface area contributed by atoms with Crippen molar-refractivity contribution in [2.24, 2.45) is 7.05 Å². The van der Waals surface area contributed by atoms with Crippen LogP contribution in [0.3, 0.4) is 0 Å². The van der Waals surface area contributed by atoms with Gasteiger partial charge in [0.15, 0.2) is 5.52 Å². The third-order valence-corrected chi connectivity index (χ3v) is 5.05. The molecule has 1 aromatic heterocycles. The first kappa shape index (κ1) is 18.1. The van der Waals surface area contributed by atoms with Gasteiger partial charge in [0.25, 0.3) is 6.33 Å². The molecular formula is C23H26N3+. The Labute approximate surface area is 156 Å². The lowest BCUT2D eigenvalue weighted by molar-refractivity contribution is -0.662. The van der Waals surface area contributed by atoms with Crippen molar-refractivity contribution in [2.45, 2.75) is 46.6 Å². The Hall–Kier alpha value is -2.73. The summed E-state index contributed by atoms with van der Waals surface area (Å²) in [5.74, 6) is 0. The molecule has 3 nitrogen and oxygen atoms in total. The molecule has 0 atom stereocenters. The molecule has 3 rings (SSSR count). The van der Waals surface area contributed by atoms with Crippen LogP contribution in [0.4, 0.5) is 0 Å². The topological polar surface area (TPSA) is 21.1 Å². The van der Waals surface area contributed by atoms with E-state index in [9.17, 15) is 0 Å². The van der Waals surface area contributed by atoms with Gasteiger partial charge in [-0.25, -0.2) is 11.1 Å². The number of nitrogens with zero attached hydrogens (tertiary/aromatic N) is 3. The summed E-state index contributed by atoms with van der Waals surface area (Å²) in [6.07, 6.45) is 2.62. The molecule has 0 aliphatic carbocycles. The summed E-state index contributed by atoms with van der Waals surface area (Å²) in [4.78, 5) is 8.37. The Bertz CT molecular complexity index is 1040. The molecule has 0 aliphatic rings. The third-order valence-electron chi connectivity index (χ3n) is 5.05. The number of hydrogen-bond acceptors (Lipinski definition) is 1. The Morgan fingerprint density at radius 1 is 1.12 bits per heavy atom. The highest BCUT2D eigenvalue weighted by Gasteiger charge is 2.24. The van der Waals surface area contributed by atoms with Crippen molar-refractivity contribution in [3.05, 3.63) is 70.3 Å². The van der Waals surface area contributed by atoms with Crippen LogP contribution in [0.1, 0.15) is 36.1 Å². The molecule has 0 bridgehead atoms. The highest BCUT2D eigenvalue weighted by Crippen LogP contribution is 2.30. The van der Waals surface area contributed by atoms with Gasteiger partial charge in [0.1, 0.15) is 5.69 Å². The van der Waals surface area contributed by atoms with Crippen molar-refractivity contribution in [2.75, 3.05) is 0 Å². The van der Waals surface area contributed by atoms with Gasteiger partial charge in [0, 0.05) is 19.4 Å². The number of aromatic nitrogens is 2. The predicted molar refractivity (Wildman–Crippen MR) is 107 cm³/mol. The van der Waals surface area contributed by atoms with E-state index in [0.29, 0.717) is 0 Å². The quantitative estimate of drug-likeness (QED) is 0.489. The van der Waals surface area contributed by atoms with E-state index in [1.54, 1.807) is 0 Å². The van der Waals surface area contributed by atoms with Crippen LogP contribution < -0.4 is 4.57 Å². The SMILES string of the molecule is [C-]#[N+]C(C)(C)Cc1ccc2c(-c3cc(C)cc(C)c3C)[n+](C)cnc2c1. The molecular weight excluding hydrogens is 318 g/mol. The van der Waals surface area contributed by atoms with Gasteiger partial charge in [-0.3, -0.25) is 0 Å². The van der Waals surface area contributed by atoms with Gasteiger partial charge in [0.2, 0.25) is 5.54 Å². The van der Waals surface area contributed by atoms with E-state index in [0.717, 1.165) is 22.9 Å². The summed E-state index contributed by atoms with van der Waals surface area (Å²) in [5, 5.41) is 1.15. The van der Waals surface area contributed by atoms with Gasteiger partial charge in [-0.15, -0.1) is 0 Å². The molecule has 132 valence electrons. The minimum atomic E-state index is -0.389. The van der Waals surface area contributed by atoms with E-state index in [-0.39, 0.29) is 5.54 Å². The smallest absolute Gasteiger partial charge is 0.287 e. The number of benzene rings is 2. The van der Waals surface area contributed by atoms with Gasteiger partial charge in [0.05, 0.1) is 18.9 Å². The largest absolute Gasteiger partial charge is 0.311 e. The Morgan fingerprint density at radius 3 is 2.54 bits per heavy atom. The average Bonchev–Trinajstić information content (AvgIpc) is 2.58. The average molecular weight is 344 g/mol. The third kappa shape index (κ3) is 3.32. The summed E-state index contributed by atoms with van der Waals surface area (Å²) in [5.41, 5.74) is 8.07. The molecule has 3 aromatic rings. The lowest BCUT2D eigenvalue weighted by Gasteiger charge is -2.13. The summed E-state index contributed by atoms with van der Waals surface area (Å²) >= 11 is 0. The second-order valence-electron chi connectivity index (χ2n) is 7.91. The second-order valence-corrected chi connectivity index (χ2v) is 7.91. The zero-order chi connectivity index (χ0) is 19.1. The summed E-state index contributed by atoms with van der Waals surface area (Å²) in [7, 11) is 2.05. The molecule has 0 fully saturated rings. The first-order valence-corrected chi connectivity index (χ1v) is 8.96. The molecule has 2 aromatic carbocycles. The van der Waals surface area contributed by atoms with Crippen LogP contribution >= 0.6 is 0 Å². The van der Waals surface area contributed by atoms with E-state index in [4.69, 9.17) is 6.57 Å². The van der Waals surface area contributed by atoms with E-state index < -0.39 is 0 Å². The Balaban J connectivity index is 2.22. The predicted octanol–water partition coefficient (Wildman–Crippen LogP) is 4.89. The van der Waals surface area contributed by atoms with Crippen LogP contribution in [-0.2, 0) is 13.5 Å². The standard InChI is InChI=1S/C23H26N3/c1-15-10-16(2)17(3)20(11-15)22-19-9-8-18(13-23(4,5)24-6)12-21(19)25-14-26(22)7/h8-12,14H,13H2,1-5,7H3/q+1. The van der Waals surface area contributed by atoms with Gasteiger partial charge in [-0.1, -0.05) is 17.7 Å². The highest BCUT2D eigenvalue weighted by molar-refractivity contribution is 5.92. The number of aryl methyl sites for hydroxylation is 3. The first-order chi connectivity index (χ1) is 12.2. The Morgan fingerprint density at radius 2 is 1.85 bits per heavy atom. The minimum absolute atomic E-state index is 0.389. The van der Waals surface area contributed by atoms with Crippen LogP contribution in [0, 0.1) is 27.3 Å². The lowest BCUT2D eigenvalue weighted by atomic mass is 9.93. The van der Waals surface area contributed by atoms with Crippen molar-refractivity contribution >= 4 is 10.9 Å². The first-order valence-electron chi connectivity index (χ1n) is 8.96. The maximum absolute atomic E-state index is 7.36. The van der Waals surface area contributed by atoms with E-state index >= 15 is 0 Å². The van der Waals surface area contributed by atoms with E-state index in [1.807, 2.05) is 20.2 Å². The maximum atomic E-state index is 7.36. The molecule has 1 heterocycles. The summed E-state index contributed by atoms with van der Waals surface area (Å²) < 4.78 is 2.10. The zero-order valence-electron chi connectivity index (χ0n) is 16.5. The van der Waals surface area contributed by atoms with E-state index in [1.165, 1.54) is 27.9 Å². The Kier molecular flexibility index (Phi) is 4.54. The van der Waals surface area contributed by atoms with Gasteiger partial charge < -0.3 is 4.85 Å². The molecule has 0 saturated carbocycles. The molecule has 0 spiro atoms. The molecule has 3 heteroatoms. The van der Waals surface area contributed by atoms with Gasteiger partial charge >= 0.3 is 0 Å². The molecule has 0 aliphatic heterocycles. The van der Waals surface area contributed by atoms with E-state index in [2.05, 4.69) is 72.5 Å². The van der Waals surface area contributed by atoms with Crippen LogP contribution in [-0.4, -0.2) is 10.5 Å². The molecule has 0 radical (unpaired) electrons. The molecule has 0 amide bonds. The van der Waals surface area contributed by atoms with Gasteiger partial charge in [-0.05, 0) is 60.6 Å². The monoisotopic (exact) mass is 344 g/mol. The molecule has 0 N–H and O–H groups in total. The minimum Gasteiger partial charge on any atom is -0.311 e. The number of fused-ring (bicyclic) bond motifs is 1. The molecule has 26 heavy (non-hydrogen) atoms. The molecule has 0 saturated heterocycles. The fourth-order valence-corrected chi connectivity index (χ4v) is 3.55. The molecule has 0 unspecified atom stereocenters. The summed E-state index contributed by atoms with van der Waals surface area (Å²) in [6.45, 7) is 17.8. The zero-order valence-corrected chi connectivity index (χ0v) is 16.5. The van der Waals surface area contributed by atoms with Crippen molar-refractivity contribution < 1.29 is 4.57 Å². The van der Waals surface area contributed by atoms with Crippen LogP contribution in [0.25, 0.3) is 27.0 Å². The van der Waals surface area contributed by atoms with Crippen LogP contribution in [0.2, 0.25) is 0 Å². The fraction of sp³-hybridized carbons (Fsp3) is 0.348. The van der Waals surface area contributed by atoms with Crippen molar-refractivity contribution in [3.63, 3.8) is 0 Å².